The van der Waals surface area contributed by atoms with E-state index in [-0.39, 0.29) is 16.6 Å². The smallest absolute Gasteiger partial charge is 0.250 e. The van der Waals surface area contributed by atoms with Gasteiger partial charge in [-0.2, -0.15) is 0 Å². The third kappa shape index (κ3) is 7.15. The van der Waals surface area contributed by atoms with E-state index in [0.29, 0.717) is 5.69 Å². The van der Waals surface area contributed by atoms with E-state index in [4.69, 9.17) is 17.0 Å². The number of hydrogen-bond acceptors (Lipinski definition) is 5. The number of rotatable bonds is 8. The van der Waals surface area contributed by atoms with Crippen molar-refractivity contribution in [2.75, 3.05) is 19.0 Å². The second-order valence-corrected chi connectivity index (χ2v) is 7.89. The molecule has 0 bridgehead atoms. The van der Waals surface area contributed by atoms with Crippen LogP contribution in [0.25, 0.3) is 6.08 Å². The van der Waals surface area contributed by atoms with E-state index in [1.54, 1.807) is 37.5 Å². The number of hydrogen-bond donors (Lipinski definition) is 3. The molecule has 9 heteroatoms. The van der Waals surface area contributed by atoms with Crippen molar-refractivity contribution in [3.63, 3.8) is 0 Å². The summed E-state index contributed by atoms with van der Waals surface area (Å²) in [6.45, 7) is 3.61. The van der Waals surface area contributed by atoms with Gasteiger partial charge >= 0.3 is 0 Å². The lowest BCUT2D eigenvalue weighted by atomic mass is 10.2. The molecule has 0 saturated carbocycles. The predicted molar refractivity (Wildman–Crippen MR) is 118 cm³/mol. The summed E-state index contributed by atoms with van der Waals surface area (Å²) in [5.74, 6) is 0.332. The maximum atomic E-state index is 12.0. The summed E-state index contributed by atoms with van der Waals surface area (Å²) in [6, 6.07) is 13.2. The van der Waals surface area contributed by atoms with Crippen LogP contribution in [0.1, 0.15) is 5.56 Å². The maximum absolute atomic E-state index is 12.0. The summed E-state index contributed by atoms with van der Waals surface area (Å²) in [4.78, 5) is 12.1. The first-order valence-corrected chi connectivity index (χ1v) is 10.4. The lowest BCUT2D eigenvalue weighted by molar-refractivity contribution is -0.115. The molecule has 0 aromatic heterocycles. The minimum absolute atomic E-state index is 0.0924. The van der Waals surface area contributed by atoms with Crippen molar-refractivity contribution in [1.82, 2.24) is 10.0 Å². The van der Waals surface area contributed by atoms with Crippen LogP contribution in [0.15, 0.2) is 72.2 Å². The van der Waals surface area contributed by atoms with Crippen molar-refractivity contribution in [2.45, 2.75) is 4.90 Å². The SMILES string of the molecule is C=CCNS(=O)(=O)c1ccc(NC(=S)NC(=O)/C=C/c2ccc(OC)cc2)cc1. The molecule has 7 nitrogen and oxygen atoms in total. The van der Waals surface area contributed by atoms with Gasteiger partial charge in [0.15, 0.2) is 5.11 Å². The molecular weight excluding hydrogens is 410 g/mol. The van der Waals surface area contributed by atoms with Gasteiger partial charge in [-0.15, -0.1) is 6.58 Å². The minimum Gasteiger partial charge on any atom is -0.497 e. The average Bonchev–Trinajstić information content (AvgIpc) is 2.71. The van der Waals surface area contributed by atoms with E-state index in [1.165, 1.54) is 24.3 Å². The van der Waals surface area contributed by atoms with Crippen LogP contribution in [0.3, 0.4) is 0 Å². The van der Waals surface area contributed by atoms with Crippen LogP contribution in [0.4, 0.5) is 5.69 Å². The molecule has 29 heavy (non-hydrogen) atoms. The summed E-state index contributed by atoms with van der Waals surface area (Å²) < 4.78 is 31.5. The summed E-state index contributed by atoms with van der Waals surface area (Å²) in [6.07, 6.45) is 4.46. The number of methoxy groups -OCH3 is 1. The molecule has 152 valence electrons. The van der Waals surface area contributed by atoms with Crippen LogP contribution >= 0.6 is 12.2 Å². The molecule has 1 amide bonds. The van der Waals surface area contributed by atoms with Crippen molar-refractivity contribution >= 4 is 45.0 Å². The van der Waals surface area contributed by atoms with E-state index in [0.717, 1.165) is 11.3 Å². The first-order valence-electron chi connectivity index (χ1n) is 8.49. The van der Waals surface area contributed by atoms with Crippen LogP contribution in [0, 0.1) is 0 Å². The average molecular weight is 432 g/mol. The number of ether oxygens (including phenoxy) is 1. The highest BCUT2D eigenvalue weighted by Crippen LogP contribution is 2.14. The molecule has 0 aliphatic carbocycles. The number of thiocarbonyl (C=S) groups is 1. The summed E-state index contributed by atoms with van der Waals surface area (Å²) in [7, 11) is -2.01. The Morgan fingerprint density at radius 3 is 2.38 bits per heavy atom. The fraction of sp³-hybridized carbons (Fsp3) is 0.100. The van der Waals surface area contributed by atoms with Gasteiger partial charge in [-0.1, -0.05) is 18.2 Å². The highest BCUT2D eigenvalue weighted by atomic mass is 32.2. The summed E-state index contributed by atoms with van der Waals surface area (Å²) in [5.41, 5.74) is 1.37. The quantitative estimate of drug-likeness (QED) is 0.338. The zero-order valence-corrected chi connectivity index (χ0v) is 17.3. The van der Waals surface area contributed by atoms with Gasteiger partial charge in [0.05, 0.1) is 12.0 Å². The van der Waals surface area contributed by atoms with Gasteiger partial charge in [-0.3, -0.25) is 10.1 Å². The molecule has 2 rings (SSSR count). The van der Waals surface area contributed by atoms with Crippen molar-refractivity contribution in [2.24, 2.45) is 0 Å². The second-order valence-electron chi connectivity index (χ2n) is 5.71. The van der Waals surface area contributed by atoms with E-state index in [1.807, 2.05) is 12.1 Å². The number of anilines is 1. The molecular formula is C20H21N3O4S2. The Morgan fingerprint density at radius 2 is 1.79 bits per heavy atom. The van der Waals surface area contributed by atoms with Crippen molar-refractivity contribution < 1.29 is 17.9 Å². The summed E-state index contributed by atoms with van der Waals surface area (Å²) in [5, 5.41) is 5.44. The van der Waals surface area contributed by atoms with Gasteiger partial charge in [0.2, 0.25) is 15.9 Å². The minimum atomic E-state index is -3.59. The lowest BCUT2D eigenvalue weighted by Gasteiger charge is -2.09. The highest BCUT2D eigenvalue weighted by molar-refractivity contribution is 7.89. The van der Waals surface area contributed by atoms with Crippen molar-refractivity contribution in [1.29, 1.82) is 0 Å². The largest absolute Gasteiger partial charge is 0.497 e. The van der Waals surface area contributed by atoms with Crippen LogP contribution < -0.4 is 20.1 Å². The number of nitrogens with one attached hydrogen (secondary N) is 3. The predicted octanol–water partition coefficient (Wildman–Crippen LogP) is 2.69. The molecule has 0 fully saturated rings. The Morgan fingerprint density at radius 1 is 1.14 bits per heavy atom. The van der Waals surface area contributed by atoms with Crippen LogP contribution in [-0.2, 0) is 14.8 Å². The Kier molecular flexibility index (Phi) is 8.08. The molecule has 2 aromatic carbocycles. The molecule has 0 spiro atoms. The second kappa shape index (κ2) is 10.5. The summed E-state index contributed by atoms with van der Waals surface area (Å²) >= 11 is 5.10. The fourth-order valence-electron chi connectivity index (χ4n) is 2.17. The number of carbonyl (C=O) groups excluding carboxylic acids is 1. The van der Waals surface area contributed by atoms with Crippen LogP contribution in [0.2, 0.25) is 0 Å². The molecule has 3 N–H and O–H groups in total. The molecule has 2 aromatic rings. The number of amides is 1. The zero-order chi connectivity index (χ0) is 21.3. The fourth-order valence-corrected chi connectivity index (χ4v) is 3.39. The number of carbonyl (C=O) groups is 1. The van der Waals surface area contributed by atoms with Gasteiger partial charge in [0, 0.05) is 18.3 Å². The van der Waals surface area contributed by atoms with Crippen molar-refractivity contribution in [3.05, 3.63) is 72.8 Å². The van der Waals surface area contributed by atoms with Gasteiger partial charge in [-0.05, 0) is 60.3 Å². The third-order valence-electron chi connectivity index (χ3n) is 3.62. The lowest BCUT2D eigenvalue weighted by Crippen LogP contribution is -2.32. The van der Waals surface area contributed by atoms with E-state index >= 15 is 0 Å². The monoisotopic (exact) mass is 431 g/mol. The first-order chi connectivity index (χ1) is 13.8. The zero-order valence-electron chi connectivity index (χ0n) is 15.7. The molecule has 0 saturated heterocycles. The van der Waals surface area contributed by atoms with Crippen LogP contribution in [-0.4, -0.2) is 33.1 Å². The standard InChI is InChI=1S/C20H21N3O4S2/c1-3-14-21-29(25,26)18-11-7-16(8-12-18)22-20(28)23-19(24)13-6-15-4-9-17(27-2)10-5-15/h3-13,21H,1,14H2,2H3,(H2,22,23,24,28)/b13-6+. The van der Waals surface area contributed by atoms with E-state index in [9.17, 15) is 13.2 Å². The highest BCUT2D eigenvalue weighted by Gasteiger charge is 2.12. The molecule has 0 aliphatic rings. The van der Waals surface area contributed by atoms with E-state index in [2.05, 4.69) is 21.9 Å². The number of benzene rings is 2. The van der Waals surface area contributed by atoms with Gasteiger partial charge in [0.1, 0.15) is 5.75 Å². The molecule has 0 heterocycles. The Bertz CT molecular complexity index is 999. The third-order valence-corrected chi connectivity index (χ3v) is 5.26. The molecule has 0 radical (unpaired) electrons. The molecule has 0 unspecified atom stereocenters. The normalized spacial score (nSPS) is 11.1. The number of sulfonamides is 1. The molecule has 0 atom stereocenters. The van der Waals surface area contributed by atoms with Crippen LogP contribution in [0.5, 0.6) is 5.75 Å². The maximum Gasteiger partial charge on any atom is 0.250 e. The Labute approximate surface area is 175 Å². The van der Waals surface area contributed by atoms with E-state index < -0.39 is 15.9 Å². The molecule has 0 aliphatic heterocycles. The van der Waals surface area contributed by atoms with Gasteiger partial charge in [-0.25, -0.2) is 13.1 Å². The van der Waals surface area contributed by atoms with Crippen molar-refractivity contribution in [3.8, 4) is 5.75 Å². The van der Waals surface area contributed by atoms with Gasteiger partial charge in [0.25, 0.3) is 0 Å². The topological polar surface area (TPSA) is 96.5 Å². The Hall–Kier alpha value is -3.01. The van der Waals surface area contributed by atoms with Gasteiger partial charge < -0.3 is 10.1 Å². The first kappa shape index (κ1) is 22.3. The Balaban J connectivity index is 1.90.